The van der Waals surface area contributed by atoms with Crippen molar-refractivity contribution in [3.63, 3.8) is 0 Å². The van der Waals surface area contributed by atoms with Crippen LogP contribution in [0.4, 0.5) is 4.39 Å². The van der Waals surface area contributed by atoms with Gasteiger partial charge in [0.1, 0.15) is 0 Å². The average molecular weight is 476 g/mol. The molecule has 0 spiro atoms. The van der Waals surface area contributed by atoms with Crippen LogP contribution in [-0.2, 0) is 0 Å². The Morgan fingerprint density at radius 2 is 1.55 bits per heavy atom. The van der Waals surface area contributed by atoms with E-state index in [0.29, 0.717) is 37.5 Å². The number of aromatic nitrogens is 2. The van der Waals surface area contributed by atoms with Crippen molar-refractivity contribution in [3.05, 3.63) is 87.6 Å². The Labute approximate surface area is 193 Å². The van der Waals surface area contributed by atoms with Crippen LogP contribution in [0, 0.1) is 5.82 Å². The second-order valence-electron chi connectivity index (χ2n) is 6.40. The minimum absolute atomic E-state index is 0.00613. The molecule has 156 valence electrons. The molecule has 0 N–H and O–H groups in total. The number of benzene rings is 3. The minimum atomic E-state index is -0.534. The number of ether oxygens (including phenoxy) is 2. The molecule has 0 aliphatic rings. The summed E-state index contributed by atoms with van der Waals surface area (Å²) in [6.45, 7) is 0. The van der Waals surface area contributed by atoms with Gasteiger partial charge in [-0.2, -0.15) is 9.97 Å². The molecule has 4 rings (SSSR count). The second kappa shape index (κ2) is 9.10. The Kier molecular flexibility index (Phi) is 6.28. The fourth-order valence-corrected chi connectivity index (χ4v) is 3.59. The van der Waals surface area contributed by atoms with E-state index in [-0.39, 0.29) is 17.6 Å². The zero-order valence-corrected chi connectivity index (χ0v) is 18.3. The van der Waals surface area contributed by atoms with Crippen LogP contribution < -0.4 is 9.47 Å². The smallest absolute Gasteiger partial charge is 0.320 e. The first-order valence-corrected chi connectivity index (χ1v) is 10.2. The normalized spacial score (nSPS) is 10.7. The van der Waals surface area contributed by atoms with E-state index < -0.39 is 5.82 Å². The van der Waals surface area contributed by atoms with E-state index in [4.69, 9.17) is 44.3 Å². The molecule has 1 heterocycles. The Morgan fingerprint density at radius 3 is 2.23 bits per heavy atom. The third kappa shape index (κ3) is 4.59. The fourth-order valence-electron chi connectivity index (χ4n) is 2.97. The summed E-state index contributed by atoms with van der Waals surface area (Å²) in [5, 5.41) is 1.41. The largest absolute Gasteiger partial charge is 0.467 e. The van der Waals surface area contributed by atoms with Crippen LogP contribution in [0.2, 0.25) is 15.1 Å². The van der Waals surface area contributed by atoms with Gasteiger partial charge in [0.05, 0.1) is 23.4 Å². The van der Waals surface area contributed by atoms with E-state index in [1.807, 2.05) is 0 Å². The van der Waals surface area contributed by atoms with E-state index in [0.717, 1.165) is 0 Å². The van der Waals surface area contributed by atoms with Gasteiger partial charge in [-0.25, -0.2) is 4.39 Å². The summed E-state index contributed by atoms with van der Waals surface area (Å²) in [4.78, 5) is 8.84. The SMILES string of the molecule is COc1nc(Oc2ccccc2F)c(-c2ccc(Cl)cc2)c(-c2ccc(Cl)cc2Cl)n1. The van der Waals surface area contributed by atoms with Gasteiger partial charge in [-0.1, -0.05) is 59.1 Å². The molecular formula is C23H14Cl3FN2O2. The number of hydrogen-bond donors (Lipinski definition) is 0. The molecule has 0 aliphatic heterocycles. The topological polar surface area (TPSA) is 44.2 Å². The van der Waals surface area contributed by atoms with Gasteiger partial charge in [0.2, 0.25) is 5.88 Å². The van der Waals surface area contributed by atoms with Crippen molar-refractivity contribution >= 4 is 34.8 Å². The summed E-state index contributed by atoms with van der Waals surface area (Å²) in [5.41, 5.74) is 2.20. The van der Waals surface area contributed by atoms with Crippen molar-refractivity contribution in [2.75, 3.05) is 7.11 Å². The third-order valence-electron chi connectivity index (χ3n) is 4.40. The molecular weight excluding hydrogens is 462 g/mol. The maximum absolute atomic E-state index is 14.3. The van der Waals surface area contributed by atoms with Crippen LogP contribution in [0.1, 0.15) is 0 Å². The van der Waals surface area contributed by atoms with E-state index in [1.54, 1.807) is 54.6 Å². The molecule has 0 atom stereocenters. The van der Waals surface area contributed by atoms with E-state index in [2.05, 4.69) is 9.97 Å². The first kappa shape index (κ1) is 21.4. The first-order chi connectivity index (χ1) is 15.0. The summed E-state index contributed by atoms with van der Waals surface area (Å²) in [7, 11) is 1.43. The highest BCUT2D eigenvalue weighted by Crippen LogP contribution is 2.43. The molecule has 0 amide bonds. The summed E-state index contributed by atoms with van der Waals surface area (Å²) >= 11 is 18.6. The molecule has 0 saturated heterocycles. The number of hydrogen-bond acceptors (Lipinski definition) is 4. The Balaban J connectivity index is 2.01. The van der Waals surface area contributed by atoms with E-state index >= 15 is 0 Å². The molecule has 0 fully saturated rings. The Bertz CT molecular complexity index is 1250. The van der Waals surface area contributed by atoms with Crippen molar-refractivity contribution in [1.82, 2.24) is 9.97 Å². The van der Waals surface area contributed by atoms with Gasteiger partial charge in [0, 0.05) is 15.6 Å². The van der Waals surface area contributed by atoms with Crippen molar-refractivity contribution < 1.29 is 13.9 Å². The highest BCUT2D eigenvalue weighted by Gasteiger charge is 2.22. The van der Waals surface area contributed by atoms with Gasteiger partial charge in [-0.05, 0) is 48.0 Å². The molecule has 8 heteroatoms. The van der Waals surface area contributed by atoms with Crippen LogP contribution in [-0.4, -0.2) is 17.1 Å². The average Bonchev–Trinajstić information content (AvgIpc) is 2.76. The summed E-state index contributed by atoms with van der Waals surface area (Å²) in [6, 6.07) is 18.1. The zero-order valence-electron chi connectivity index (χ0n) is 16.1. The van der Waals surface area contributed by atoms with Gasteiger partial charge in [-0.3, -0.25) is 0 Å². The number of halogens is 4. The van der Waals surface area contributed by atoms with Gasteiger partial charge in [-0.15, -0.1) is 0 Å². The summed E-state index contributed by atoms with van der Waals surface area (Å²) in [5.74, 6) is -0.430. The maximum Gasteiger partial charge on any atom is 0.320 e. The lowest BCUT2D eigenvalue weighted by atomic mass is 10.00. The molecule has 0 radical (unpaired) electrons. The minimum Gasteiger partial charge on any atom is -0.467 e. The first-order valence-electron chi connectivity index (χ1n) is 9.06. The van der Waals surface area contributed by atoms with Crippen LogP contribution in [0.25, 0.3) is 22.4 Å². The highest BCUT2D eigenvalue weighted by molar-refractivity contribution is 6.36. The van der Waals surface area contributed by atoms with Crippen molar-refractivity contribution in [2.24, 2.45) is 0 Å². The van der Waals surface area contributed by atoms with Crippen molar-refractivity contribution in [1.29, 1.82) is 0 Å². The lowest BCUT2D eigenvalue weighted by Gasteiger charge is -2.17. The highest BCUT2D eigenvalue weighted by atomic mass is 35.5. The molecule has 0 aliphatic carbocycles. The monoisotopic (exact) mass is 474 g/mol. The standard InChI is InChI=1S/C23H14Cl3FN2O2/c1-30-23-28-21(16-11-10-15(25)12-17(16)26)20(13-6-8-14(24)9-7-13)22(29-23)31-19-5-3-2-4-18(19)27/h2-12H,1H3. The number of nitrogens with zero attached hydrogens (tertiary/aromatic N) is 2. The number of rotatable bonds is 5. The molecule has 3 aromatic carbocycles. The number of para-hydroxylation sites is 1. The van der Waals surface area contributed by atoms with E-state index in [1.165, 1.54) is 19.2 Å². The lowest BCUT2D eigenvalue weighted by Crippen LogP contribution is -2.02. The lowest BCUT2D eigenvalue weighted by molar-refractivity contribution is 0.364. The van der Waals surface area contributed by atoms with Gasteiger partial charge in [0.25, 0.3) is 0 Å². The zero-order chi connectivity index (χ0) is 22.0. The number of methoxy groups -OCH3 is 1. The Hall–Kier alpha value is -2.86. The predicted molar refractivity (Wildman–Crippen MR) is 121 cm³/mol. The van der Waals surface area contributed by atoms with Crippen LogP contribution in [0.5, 0.6) is 17.6 Å². The molecule has 0 saturated carbocycles. The quantitative estimate of drug-likeness (QED) is 0.296. The summed E-state index contributed by atoms with van der Waals surface area (Å²) in [6.07, 6.45) is 0. The van der Waals surface area contributed by atoms with Crippen molar-refractivity contribution in [3.8, 4) is 40.0 Å². The van der Waals surface area contributed by atoms with Gasteiger partial charge < -0.3 is 9.47 Å². The predicted octanol–water partition coefficient (Wildman–Crippen LogP) is 7.71. The molecule has 31 heavy (non-hydrogen) atoms. The second-order valence-corrected chi connectivity index (χ2v) is 7.68. The molecule has 0 bridgehead atoms. The molecule has 1 aromatic heterocycles. The van der Waals surface area contributed by atoms with Gasteiger partial charge in [0.15, 0.2) is 11.6 Å². The van der Waals surface area contributed by atoms with Crippen LogP contribution in [0.3, 0.4) is 0 Å². The third-order valence-corrected chi connectivity index (χ3v) is 5.20. The molecule has 4 aromatic rings. The maximum atomic E-state index is 14.3. The van der Waals surface area contributed by atoms with E-state index in [9.17, 15) is 4.39 Å². The van der Waals surface area contributed by atoms with Gasteiger partial charge >= 0.3 is 6.01 Å². The van der Waals surface area contributed by atoms with Crippen LogP contribution in [0.15, 0.2) is 66.7 Å². The molecule has 0 unspecified atom stereocenters. The Morgan fingerprint density at radius 1 is 0.839 bits per heavy atom. The fraction of sp³-hybridized carbons (Fsp3) is 0.0435. The van der Waals surface area contributed by atoms with Crippen molar-refractivity contribution in [2.45, 2.75) is 0 Å². The summed E-state index contributed by atoms with van der Waals surface area (Å²) < 4.78 is 25.5. The van der Waals surface area contributed by atoms with Crippen LogP contribution >= 0.6 is 34.8 Å². The molecule has 4 nitrogen and oxygen atoms in total.